The Bertz CT molecular complexity index is 1030. The number of rotatable bonds is 5. The molecule has 7 heteroatoms. The van der Waals surface area contributed by atoms with Gasteiger partial charge >= 0.3 is 0 Å². The molecule has 0 bridgehead atoms. The van der Waals surface area contributed by atoms with Crippen LogP contribution in [0, 0.1) is 0 Å². The fraction of sp³-hybridized carbons (Fsp3) is 0. The molecule has 0 atom stereocenters. The molecule has 0 aliphatic carbocycles. The van der Waals surface area contributed by atoms with E-state index in [1.165, 1.54) is 30.3 Å². The van der Waals surface area contributed by atoms with Crippen molar-refractivity contribution in [1.82, 2.24) is 4.83 Å². The van der Waals surface area contributed by atoms with Crippen molar-refractivity contribution in [3.63, 3.8) is 0 Å². The number of hydrogen-bond acceptors (Lipinski definition) is 5. The van der Waals surface area contributed by atoms with Crippen molar-refractivity contribution in [2.75, 3.05) is 0 Å². The molecule has 0 radical (unpaired) electrons. The number of phenols is 2. The molecule has 0 aromatic heterocycles. The van der Waals surface area contributed by atoms with Crippen LogP contribution in [0.5, 0.6) is 11.5 Å². The van der Waals surface area contributed by atoms with Crippen molar-refractivity contribution in [2.24, 2.45) is 5.10 Å². The summed E-state index contributed by atoms with van der Waals surface area (Å²) in [5.74, 6) is -0.324. The van der Waals surface area contributed by atoms with Crippen LogP contribution in [0.1, 0.15) is 11.1 Å². The lowest BCUT2D eigenvalue weighted by Gasteiger charge is -2.11. The quantitative estimate of drug-likeness (QED) is 0.476. The Balaban J connectivity index is 2.05. The summed E-state index contributed by atoms with van der Waals surface area (Å²) in [5.41, 5.74) is 1.11. The highest BCUT2D eigenvalue weighted by Gasteiger charge is 2.16. The Kier molecular flexibility index (Phi) is 4.90. The number of aromatic hydroxyl groups is 2. The maximum Gasteiger partial charge on any atom is 0.276 e. The number of hydrazone groups is 1. The van der Waals surface area contributed by atoms with E-state index in [2.05, 4.69) is 9.93 Å². The number of benzene rings is 3. The summed E-state index contributed by atoms with van der Waals surface area (Å²) in [5, 5.41) is 23.7. The van der Waals surface area contributed by atoms with E-state index in [0.29, 0.717) is 5.56 Å². The smallest absolute Gasteiger partial charge is 0.276 e. The fourth-order valence-electron chi connectivity index (χ4n) is 2.35. The molecule has 0 heterocycles. The van der Waals surface area contributed by atoms with Gasteiger partial charge in [-0.25, -0.2) is 0 Å². The van der Waals surface area contributed by atoms with Gasteiger partial charge in [0.15, 0.2) is 0 Å². The molecule has 0 aliphatic heterocycles. The van der Waals surface area contributed by atoms with Crippen molar-refractivity contribution in [2.45, 2.75) is 4.90 Å². The lowest BCUT2D eigenvalue weighted by atomic mass is 10.0. The molecule has 0 saturated carbocycles. The van der Waals surface area contributed by atoms with Crippen molar-refractivity contribution in [3.05, 3.63) is 90.0 Å². The summed E-state index contributed by atoms with van der Waals surface area (Å²) in [7, 11) is -3.86. The maximum absolute atomic E-state index is 12.4. The first-order valence-corrected chi connectivity index (χ1v) is 9.18. The molecule has 0 spiro atoms. The average Bonchev–Trinajstić information content (AvgIpc) is 2.65. The van der Waals surface area contributed by atoms with Gasteiger partial charge in [-0.1, -0.05) is 48.5 Å². The zero-order valence-corrected chi connectivity index (χ0v) is 14.4. The SMILES string of the molecule is O=S(=O)(NN=C(c1ccccc1)c1ccc(O)cc1O)c1ccccc1. The van der Waals surface area contributed by atoms with Crippen LogP contribution in [-0.2, 0) is 10.0 Å². The van der Waals surface area contributed by atoms with Crippen molar-refractivity contribution < 1.29 is 18.6 Å². The van der Waals surface area contributed by atoms with Crippen LogP contribution in [-0.4, -0.2) is 24.3 Å². The van der Waals surface area contributed by atoms with Crippen LogP contribution in [0.3, 0.4) is 0 Å². The maximum atomic E-state index is 12.4. The predicted octanol–water partition coefficient (Wildman–Crippen LogP) is 2.83. The van der Waals surface area contributed by atoms with Crippen LogP contribution in [0.15, 0.2) is 88.9 Å². The highest BCUT2D eigenvalue weighted by molar-refractivity contribution is 7.89. The summed E-state index contributed by atoms with van der Waals surface area (Å²) in [6.07, 6.45) is 0. The van der Waals surface area contributed by atoms with Crippen molar-refractivity contribution >= 4 is 15.7 Å². The number of sulfonamides is 1. The highest BCUT2D eigenvalue weighted by atomic mass is 32.2. The Labute approximate surface area is 151 Å². The zero-order chi connectivity index (χ0) is 18.6. The first-order chi connectivity index (χ1) is 12.5. The number of hydrogen-bond donors (Lipinski definition) is 3. The minimum Gasteiger partial charge on any atom is -0.508 e. The second kappa shape index (κ2) is 7.28. The molecule has 3 N–H and O–H groups in total. The standard InChI is InChI=1S/C19H16N2O4S/c22-15-11-12-17(18(23)13-15)19(14-7-3-1-4-8-14)20-21-26(24,25)16-9-5-2-6-10-16/h1-13,21-23H. The van der Waals surface area contributed by atoms with Crippen LogP contribution in [0.2, 0.25) is 0 Å². The molecule has 3 aromatic rings. The molecule has 3 aromatic carbocycles. The van der Waals surface area contributed by atoms with E-state index in [0.717, 1.165) is 0 Å². The number of nitrogens with zero attached hydrogens (tertiary/aromatic N) is 1. The third kappa shape index (κ3) is 3.84. The Morgan fingerprint density at radius 1 is 0.846 bits per heavy atom. The lowest BCUT2D eigenvalue weighted by molar-refractivity contribution is 0.450. The minimum absolute atomic E-state index is 0.0751. The Morgan fingerprint density at radius 2 is 1.46 bits per heavy atom. The summed E-state index contributed by atoms with van der Waals surface area (Å²) in [6.45, 7) is 0. The molecule has 3 rings (SSSR count). The number of nitrogens with one attached hydrogen (secondary N) is 1. The van der Waals surface area contributed by atoms with E-state index >= 15 is 0 Å². The molecule has 0 fully saturated rings. The second-order valence-electron chi connectivity index (χ2n) is 5.44. The highest BCUT2D eigenvalue weighted by Crippen LogP contribution is 2.25. The normalized spacial score (nSPS) is 11.9. The van der Waals surface area contributed by atoms with Gasteiger partial charge in [-0.05, 0) is 24.3 Å². The summed E-state index contributed by atoms with van der Waals surface area (Å²) in [4.78, 5) is 2.28. The lowest BCUT2D eigenvalue weighted by Crippen LogP contribution is -2.21. The van der Waals surface area contributed by atoms with Gasteiger partial charge in [0.25, 0.3) is 10.0 Å². The molecule has 132 valence electrons. The zero-order valence-electron chi connectivity index (χ0n) is 13.6. The summed E-state index contributed by atoms with van der Waals surface area (Å²) >= 11 is 0. The second-order valence-corrected chi connectivity index (χ2v) is 7.10. The molecule has 0 aliphatic rings. The molecule has 0 amide bonds. The van der Waals surface area contributed by atoms with E-state index < -0.39 is 10.0 Å². The molecular weight excluding hydrogens is 352 g/mol. The van der Waals surface area contributed by atoms with Gasteiger partial charge in [-0.2, -0.15) is 18.4 Å². The van der Waals surface area contributed by atoms with E-state index in [1.807, 2.05) is 6.07 Å². The third-order valence-corrected chi connectivity index (χ3v) is 4.84. The van der Waals surface area contributed by atoms with Gasteiger partial charge in [-0.3, -0.25) is 0 Å². The Hall–Kier alpha value is -3.32. The van der Waals surface area contributed by atoms with E-state index in [4.69, 9.17) is 0 Å². The third-order valence-electron chi connectivity index (χ3n) is 3.61. The summed E-state index contributed by atoms with van der Waals surface area (Å²) in [6, 6.07) is 20.7. The van der Waals surface area contributed by atoms with Gasteiger partial charge in [-0.15, -0.1) is 0 Å². The van der Waals surface area contributed by atoms with Gasteiger partial charge in [0.2, 0.25) is 0 Å². The first-order valence-electron chi connectivity index (χ1n) is 7.70. The average molecular weight is 368 g/mol. The molecule has 0 unspecified atom stereocenters. The van der Waals surface area contributed by atoms with Gasteiger partial charge < -0.3 is 10.2 Å². The monoisotopic (exact) mass is 368 g/mol. The predicted molar refractivity (Wildman–Crippen MR) is 98.6 cm³/mol. The largest absolute Gasteiger partial charge is 0.508 e. The summed E-state index contributed by atoms with van der Waals surface area (Å²) < 4.78 is 24.8. The first kappa shape index (κ1) is 17.5. The molecular formula is C19H16N2O4S. The van der Waals surface area contributed by atoms with Crippen LogP contribution in [0.25, 0.3) is 0 Å². The van der Waals surface area contributed by atoms with E-state index in [-0.39, 0.29) is 27.7 Å². The fourth-order valence-corrected chi connectivity index (χ4v) is 3.19. The van der Waals surface area contributed by atoms with Crippen molar-refractivity contribution in [1.29, 1.82) is 0 Å². The topological polar surface area (TPSA) is 99.0 Å². The Morgan fingerprint density at radius 3 is 2.08 bits per heavy atom. The van der Waals surface area contributed by atoms with Crippen LogP contribution in [0.4, 0.5) is 0 Å². The minimum atomic E-state index is -3.86. The van der Waals surface area contributed by atoms with Gasteiger partial charge in [0.1, 0.15) is 17.2 Å². The van der Waals surface area contributed by atoms with E-state index in [1.54, 1.807) is 42.5 Å². The van der Waals surface area contributed by atoms with Crippen molar-refractivity contribution in [3.8, 4) is 11.5 Å². The molecule has 26 heavy (non-hydrogen) atoms. The number of phenolic OH excluding ortho intramolecular Hbond substituents is 2. The van der Waals surface area contributed by atoms with Crippen LogP contribution >= 0.6 is 0 Å². The van der Waals surface area contributed by atoms with Crippen LogP contribution < -0.4 is 4.83 Å². The van der Waals surface area contributed by atoms with Gasteiger partial charge in [0.05, 0.1) is 4.90 Å². The van der Waals surface area contributed by atoms with Gasteiger partial charge in [0, 0.05) is 17.2 Å². The molecule has 0 saturated heterocycles. The van der Waals surface area contributed by atoms with E-state index in [9.17, 15) is 18.6 Å². The molecule has 6 nitrogen and oxygen atoms in total.